The van der Waals surface area contributed by atoms with Crippen LogP contribution in [0.25, 0.3) is 0 Å². The molecule has 0 aliphatic rings. The van der Waals surface area contributed by atoms with Crippen LogP contribution in [0.4, 0.5) is 10.7 Å². The summed E-state index contributed by atoms with van der Waals surface area (Å²) >= 11 is 13.6. The standard InChI is InChI=1S/C18H17Cl2N3OS/c1-3-17-18(25-22-21-17)23(13-5-7-14(24-2)8-6-13)11-12-4-9-15(19)16(20)10-12/h4-10H,3,11H2,1-2H3. The van der Waals surface area contributed by atoms with Gasteiger partial charge in [-0.2, -0.15) is 0 Å². The Labute approximate surface area is 161 Å². The molecule has 0 saturated carbocycles. The first-order chi connectivity index (χ1) is 12.1. The summed E-state index contributed by atoms with van der Waals surface area (Å²) in [4.78, 5) is 2.18. The lowest BCUT2D eigenvalue weighted by molar-refractivity contribution is 0.415. The summed E-state index contributed by atoms with van der Waals surface area (Å²) in [5.41, 5.74) is 3.06. The fraction of sp³-hybridized carbons (Fsp3) is 0.222. The zero-order chi connectivity index (χ0) is 17.8. The number of ether oxygens (including phenoxy) is 1. The molecule has 0 aliphatic heterocycles. The summed E-state index contributed by atoms with van der Waals surface area (Å²) in [5, 5.41) is 6.37. The second-order valence-corrected chi connectivity index (χ2v) is 6.96. The van der Waals surface area contributed by atoms with Gasteiger partial charge in [-0.3, -0.25) is 0 Å². The Balaban J connectivity index is 2.00. The summed E-state index contributed by atoms with van der Waals surface area (Å²) < 4.78 is 9.38. The van der Waals surface area contributed by atoms with E-state index in [1.807, 2.05) is 42.5 Å². The van der Waals surface area contributed by atoms with Crippen LogP contribution in [-0.4, -0.2) is 16.7 Å². The highest BCUT2D eigenvalue weighted by molar-refractivity contribution is 7.10. The minimum absolute atomic E-state index is 0.548. The zero-order valence-electron chi connectivity index (χ0n) is 13.9. The maximum Gasteiger partial charge on any atom is 0.140 e. The van der Waals surface area contributed by atoms with Crippen LogP contribution in [-0.2, 0) is 13.0 Å². The van der Waals surface area contributed by atoms with Gasteiger partial charge in [-0.05, 0) is 48.4 Å². The second kappa shape index (κ2) is 8.04. The molecule has 3 rings (SSSR count). The van der Waals surface area contributed by atoms with Crippen molar-refractivity contribution in [2.45, 2.75) is 19.9 Å². The van der Waals surface area contributed by atoms with Crippen LogP contribution in [0.2, 0.25) is 10.0 Å². The van der Waals surface area contributed by atoms with Crippen molar-refractivity contribution in [2.24, 2.45) is 0 Å². The Hall–Kier alpha value is -1.82. The Bertz CT molecular complexity index is 852. The smallest absolute Gasteiger partial charge is 0.140 e. The van der Waals surface area contributed by atoms with Crippen molar-refractivity contribution in [1.29, 1.82) is 0 Å². The average Bonchev–Trinajstić information content (AvgIpc) is 3.11. The number of hydrogen-bond donors (Lipinski definition) is 0. The third-order valence-corrected chi connectivity index (χ3v) is 5.36. The van der Waals surface area contributed by atoms with Gasteiger partial charge in [-0.25, -0.2) is 0 Å². The van der Waals surface area contributed by atoms with Crippen LogP contribution >= 0.6 is 34.7 Å². The fourth-order valence-electron chi connectivity index (χ4n) is 2.49. The number of hydrogen-bond acceptors (Lipinski definition) is 5. The van der Waals surface area contributed by atoms with Crippen molar-refractivity contribution >= 4 is 45.4 Å². The first-order valence-electron chi connectivity index (χ1n) is 7.79. The van der Waals surface area contributed by atoms with Crippen LogP contribution in [0.5, 0.6) is 5.75 Å². The molecule has 0 spiro atoms. The number of aromatic nitrogens is 2. The second-order valence-electron chi connectivity index (χ2n) is 5.41. The van der Waals surface area contributed by atoms with Gasteiger partial charge in [-0.15, -0.1) is 5.10 Å². The summed E-state index contributed by atoms with van der Waals surface area (Å²) in [6.07, 6.45) is 0.819. The van der Waals surface area contributed by atoms with E-state index in [4.69, 9.17) is 27.9 Å². The zero-order valence-corrected chi connectivity index (χ0v) is 16.2. The Morgan fingerprint density at radius 3 is 2.48 bits per heavy atom. The molecule has 3 aromatic rings. The number of rotatable bonds is 6. The van der Waals surface area contributed by atoms with E-state index < -0.39 is 0 Å². The number of anilines is 2. The van der Waals surface area contributed by atoms with Crippen molar-refractivity contribution in [3.63, 3.8) is 0 Å². The van der Waals surface area contributed by atoms with Crippen molar-refractivity contribution in [2.75, 3.05) is 12.0 Å². The lowest BCUT2D eigenvalue weighted by Crippen LogP contribution is -2.16. The van der Waals surface area contributed by atoms with Gasteiger partial charge in [0, 0.05) is 23.8 Å². The third-order valence-electron chi connectivity index (χ3n) is 3.82. The van der Waals surface area contributed by atoms with Crippen molar-refractivity contribution in [3.05, 3.63) is 63.8 Å². The van der Waals surface area contributed by atoms with E-state index in [9.17, 15) is 0 Å². The molecule has 0 fully saturated rings. The molecule has 0 saturated heterocycles. The first kappa shape index (κ1) is 18.0. The SMILES string of the molecule is CCc1nnsc1N(Cc1ccc(Cl)c(Cl)c1)c1ccc(OC)cc1. The molecule has 25 heavy (non-hydrogen) atoms. The van der Waals surface area contributed by atoms with Gasteiger partial charge < -0.3 is 9.64 Å². The molecule has 130 valence electrons. The molecule has 0 bridgehead atoms. The van der Waals surface area contributed by atoms with Crippen LogP contribution < -0.4 is 9.64 Å². The van der Waals surface area contributed by atoms with Gasteiger partial charge >= 0.3 is 0 Å². The molecule has 0 amide bonds. The maximum absolute atomic E-state index is 6.18. The number of benzene rings is 2. The van der Waals surface area contributed by atoms with Gasteiger partial charge in [0.25, 0.3) is 0 Å². The molecule has 0 aliphatic carbocycles. The number of halogens is 2. The molecule has 1 aromatic heterocycles. The average molecular weight is 394 g/mol. The molecule has 0 unspecified atom stereocenters. The minimum atomic E-state index is 0.548. The van der Waals surface area contributed by atoms with Crippen LogP contribution in [0.3, 0.4) is 0 Å². The molecule has 0 atom stereocenters. The molecule has 7 heteroatoms. The molecule has 2 aromatic carbocycles. The summed E-state index contributed by atoms with van der Waals surface area (Å²) in [6.45, 7) is 2.71. The topological polar surface area (TPSA) is 38.2 Å². The Morgan fingerprint density at radius 2 is 1.84 bits per heavy atom. The van der Waals surface area contributed by atoms with E-state index in [0.29, 0.717) is 16.6 Å². The lowest BCUT2D eigenvalue weighted by Gasteiger charge is -2.24. The molecule has 0 radical (unpaired) electrons. The summed E-state index contributed by atoms with van der Waals surface area (Å²) in [7, 11) is 1.66. The van der Waals surface area contributed by atoms with E-state index in [0.717, 1.165) is 34.1 Å². The molecular weight excluding hydrogens is 377 g/mol. The van der Waals surface area contributed by atoms with E-state index in [2.05, 4.69) is 21.4 Å². The minimum Gasteiger partial charge on any atom is -0.497 e. The third kappa shape index (κ3) is 4.06. The van der Waals surface area contributed by atoms with Crippen molar-refractivity contribution in [1.82, 2.24) is 9.59 Å². The highest BCUT2D eigenvalue weighted by Gasteiger charge is 2.18. The Kier molecular flexibility index (Phi) is 5.78. The number of aryl methyl sites for hydroxylation is 1. The van der Waals surface area contributed by atoms with Crippen molar-refractivity contribution in [3.8, 4) is 5.75 Å². The van der Waals surface area contributed by atoms with Gasteiger partial charge in [0.15, 0.2) is 0 Å². The lowest BCUT2D eigenvalue weighted by atomic mass is 10.2. The molecular formula is C18H17Cl2N3OS. The molecule has 0 N–H and O–H groups in total. The van der Waals surface area contributed by atoms with Gasteiger partial charge in [0.05, 0.1) is 22.8 Å². The largest absolute Gasteiger partial charge is 0.497 e. The predicted molar refractivity (Wildman–Crippen MR) is 105 cm³/mol. The van der Waals surface area contributed by atoms with Crippen LogP contribution in [0, 0.1) is 0 Å². The van der Waals surface area contributed by atoms with E-state index in [-0.39, 0.29) is 0 Å². The highest BCUT2D eigenvalue weighted by Crippen LogP contribution is 2.34. The van der Waals surface area contributed by atoms with Gasteiger partial charge in [0.2, 0.25) is 0 Å². The fourth-order valence-corrected chi connectivity index (χ4v) is 3.59. The maximum atomic E-state index is 6.18. The molecule has 4 nitrogen and oxygen atoms in total. The van der Waals surface area contributed by atoms with E-state index in [1.165, 1.54) is 11.5 Å². The first-order valence-corrected chi connectivity index (χ1v) is 9.32. The van der Waals surface area contributed by atoms with E-state index in [1.54, 1.807) is 7.11 Å². The summed E-state index contributed by atoms with van der Waals surface area (Å²) in [6, 6.07) is 13.6. The quantitative estimate of drug-likeness (QED) is 0.533. The normalized spacial score (nSPS) is 10.7. The molecule has 1 heterocycles. The monoisotopic (exact) mass is 393 g/mol. The summed E-state index contributed by atoms with van der Waals surface area (Å²) in [5.74, 6) is 0.816. The predicted octanol–water partition coefficient (Wildman–Crippen LogP) is 5.75. The number of nitrogens with zero attached hydrogens (tertiary/aromatic N) is 3. The van der Waals surface area contributed by atoms with Gasteiger partial charge in [-0.1, -0.05) is 40.7 Å². The van der Waals surface area contributed by atoms with E-state index >= 15 is 0 Å². The number of methoxy groups -OCH3 is 1. The van der Waals surface area contributed by atoms with Gasteiger partial charge in [0.1, 0.15) is 10.8 Å². The van der Waals surface area contributed by atoms with Crippen molar-refractivity contribution < 1.29 is 4.74 Å². The van der Waals surface area contributed by atoms with Crippen LogP contribution in [0.15, 0.2) is 42.5 Å². The van der Waals surface area contributed by atoms with Crippen LogP contribution in [0.1, 0.15) is 18.2 Å². The highest BCUT2D eigenvalue weighted by atomic mass is 35.5. The Morgan fingerprint density at radius 1 is 1.08 bits per heavy atom.